The minimum Gasteiger partial charge on any atom is -0.468 e. The number of hydrogen-bond donors (Lipinski definition) is 0. The number of carbonyl (C=O) groups is 2. The zero-order valence-electron chi connectivity index (χ0n) is 41.2. The van der Waals surface area contributed by atoms with Crippen LogP contribution >= 0.6 is 11.8 Å². The Morgan fingerprint density at radius 1 is 0.411 bits per heavy atom. The van der Waals surface area contributed by atoms with Crippen molar-refractivity contribution in [3.8, 4) is 0 Å². The molecule has 0 N–H and O–H groups in total. The van der Waals surface area contributed by atoms with Gasteiger partial charge < -0.3 is 52.1 Å². The fraction of sp³-hybridized carbons (Fsp3) is 0.356. The average molecular weight is 1010 g/mol. The van der Waals surface area contributed by atoms with Crippen molar-refractivity contribution in [2.24, 2.45) is 0 Å². The number of benzene rings is 6. The molecule has 0 aromatic heterocycles. The van der Waals surface area contributed by atoms with Gasteiger partial charge in [0, 0.05) is 6.92 Å². The lowest BCUT2D eigenvalue weighted by Crippen LogP contribution is -2.63. The Hall–Kier alpha value is -5.75. The summed E-state index contributed by atoms with van der Waals surface area (Å²) in [6, 6.07) is 59.0. The van der Waals surface area contributed by atoms with Gasteiger partial charge in [-0.25, -0.2) is 0 Å². The highest BCUT2D eigenvalue weighted by molar-refractivity contribution is 8.00. The maximum atomic E-state index is 12.8. The van der Waals surface area contributed by atoms with E-state index in [0.29, 0.717) is 0 Å². The van der Waals surface area contributed by atoms with Crippen molar-refractivity contribution < 1.29 is 61.7 Å². The number of methoxy groups -OCH3 is 1. The molecule has 14 heteroatoms. The number of thioether (sulfide) groups is 1. The van der Waals surface area contributed by atoms with Crippen molar-refractivity contribution in [1.82, 2.24) is 0 Å². The largest absolute Gasteiger partial charge is 0.468 e. The highest BCUT2D eigenvalue weighted by Gasteiger charge is 2.52. The van der Waals surface area contributed by atoms with Gasteiger partial charge in [-0.2, -0.15) is 0 Å². The molecule has 6 aromatic carbocycles. The number of carbonyl (C=O) groups excluding carboxylic acids is 2. The second-order valence-corrected chi connectivity index (χ2v) is 18.8. The lowest BCUT2D eigenvalue weighted by molar-refractivity contribution is -0.336. The molecule has 13 nitrogen and oxygen atoms in total. The van der Waals surface area contributed by atoms with Crippen molar-refractivity contribution in [2.45, 2.75) is 107 Å². The van der Waals surface area contributed by atoms with Crippen molar-refractivity contribution in [3.63, 3.8) is 0 Å². The van der Waals surface area contributed by atoms with Gasteiger partial charge in [-0.1, -0.05) is 182 Å². The van der Waals surface area contributed by atoms with E-state index in [0.717, 1.165) is 33.4 Å². The summed E-state index contributed by atoms with van der Waals surface area (Å²) in [4.78, 5) is 25.3. The van der Waals surface area contributed by atoms with Crippen LogP contribution in [0, 0.1) is 0 Å². The van der Waals surface area contributed by atoms with E-state index >= 15 is 0 Å². The van der Waals surface area contributed by atoms with Gasteiger partial charge in [-0.3, -0.25) is 9.59 Å². The lowest BCUT2D eigenvalue weighted by Gasteiger charge is -2.48. The van der Waals surface area contributed by atoms with E-state index in [9.17, 15) is 9.59 Å². The summed E-state index contributed by atoms with van der Waals surface area (Å²) < 4.78 is 72.9. The first-order chi connectivity index (χ1) is 35.9. The van der Waals surface area contributed by atoms with Crippen LogP contribution in [0.2, 0.25) is 0 Å². The molecule has 73 heavy (non-hydrogen) atoms. The molecule has 2 aliphatic rings. The van der Waals surface area contributed by atoms with E-state index in [1.54, 1.807) is 0 Å². The van der Waals surface area contributed by atoms with Crippen molar-refractivity contribution in [2.75, 3.05) is 26.1 Å². The molecule has 10 atom stereocenters. The van der Waals surface area contributed by atoms with Crippen molar-refractivity contribution in [1.29, 1.82) is 0 Å². The van der Waals surface area contributed by atoms with E-state index in [2.05, 4.69) is 0 Å². The molecule has 6 aromatic rings. The molecule has 0 unspecified atom stereocenters. The van der Waals surface area contributed by atoms with Gasteiger partial charge >= 0.3 is 11.9 Å². The monoisotopic (exact) mass is 1010 g/mol. The molecule has 0 amide bonds. The number of ether oxygens (including phenoxy) is 11. The molecule has 384 valence electrons. The van der Waals surface area contributed by atoms with E-state index in [4.69, 9.17) is 52.1 Å². The van der Waals surface area contributed by atoms with Crippen molar-refractivity contribution in [3.05, 3.63) is 215 Å². The van der Waals surface area contributed by atoms with Crippen LogP contribution in [-0.4, -0.2) is 98.6 Å². The van der Waals surface area contributed by atoms with E-state index in [1.165, 1.54) is 25.8 Å². The molecule has 2 saturated heterocycles. The highest BCUT2D eigenvalue weighted by Crippen LogP contribution is 2.37. The van der Waals surface area contributed by atoms with Crippen LogP contribution in [0.15, 0.2) is 182 Å². The lowest BCUT2D eigenvalue weighted by atomic mass is 9.97. The topological polar surface area (TPSA) is 136 Å². The molecule has 0 aliphatic carbocycles. The Bertz CT molecular complexity index is 2490. The third-order valence-corrected chi connectivity index (χ3v) is 13.5. The standard InChI is InChI=1S/C59H64O13S/c1-42(60)63-39-49-52(64-33-43-21-9-3-10-22-43)54(66-35-45-25-13-5-14-26-45)56(68-37-47-29-17-7-18-30-47)58(71-49)70-40-50-53(65-34-44-23-11-4-12-24-44)55(67-36-46-27-15-6-16-28-46)57(59(72-50)73-41-51(61)62-2)69-38-48-31-19-8-20-32-48/h3-32,49-50,52-59H,33-41H2,1-2H3/t49-,50-,52-,53-,54+,55+,56-,57-,58+,59-/m1/s1. The fourth-order valence-corrected chi connectivity index (χ4v) is 9.69. The molecule has 2 heterocycles. The van der Waals surface area contributed by atoms with Gasteiger partial charge in [0.2, 0.25) is 0 Å². The molecule has 8 rings (SSSR count). The quantitative estimate of drug-likeness (QED) is 0.0478. The molecule has 0 bridgehead atoms. The van der Waals surface area contributed by atoms with E-state index in [-0.39, 0.29) is 58.6 Å². The Kier molecular flexibility index (Phi) is 21.0. The first-order valence-electron chi connectivity index (χ1n) is 24.6. The molecule has 2 aliphatic heterocycles. The van der Waals surface area contributed by atoms with Gasteiger partial charge in [0.25, 0.3) is 0 Å². The number of rotatable bonds is 26. The predicted octanol–water partition coefficient (Wildman–Crippen LogP) is 9.43. The Morgan fingerprint density at radius 3 is 1.11 bits per heavy atom. The summed E-state index contributed by atoms with van der Waals surface area (Å²) in [6.45, 7) is 2.37. The minimum atomic E-state index is -1.13. The predicted molar refractivity (Wildman–Crippen MR) is 274 cm³/mol. The van der Waals surface area contributed by atoms with Crippen LogP contribution in [0.4, 0.5) is 0 Å². The fourth-order valence-electron chi connectivity index (χ4n) is 8.63. The molecular formula is C59H64O13S. The van der Waals surface area contributed by atoms with Crippen LogP contribution in [0.5, 0.6) is 0 Å². The van der Waals surface area contributed by atoms with E-state index in [1.807, 2.05) is 182 Å². The SMILES string of the molecule is COC(=O)CS[C@H]1O[C@H](CO[C@H]2O[C@H](COC(C)=O)[C@@H](OCc3ccccc3)[C@H](OCc3ccccc3)[C@H]2OCc2ccccc2)[C@@H](OCc2ccccc2)[C@H](OCc2ccccc2)[C@H]1OCc1ccccc1. The molecule has 2 fully saturated rings. The second kappa shape index (κ2) is 28.6. The summed E-state index contributed by atoms with van der Waals surface area (Å²) >= 11 is 1.25. The third-order valence-electron chi connectivity index (χ3n) is 12.4. The third kappa shape index (κ3) is 16.4. The van der Waals surface area contributed by atoms with Gasteiger partial charge in [0.15, 0.2) is 6.29 Å². The molecule has 0 radical (unpaired) electrons. The van der Waals surface area contributed by atoms with Crippen LogP contribution in [0.1, 0.15) is 40.3 Å². The highest BCUT2D eigenvalue weighted by atomic mass is 32.2. The number of hydrogen-bond acceptors (Lipinski definition) is 14. The maximum Gasteiger partial charge on any atom is 0.315 e. The van der Waals surface area contributed by atoms with Gasteiger partial charge in [0.05, 0.1) is 59.1 Å². The van der Waals surface area contributed by atoms with Crippen LogP contribution in [-0.2, 0) is 101 Å². The minimum absolute atomic E-state index is 0.0232. The Labute approximate surface area is 432 Å². The van der Waals surface area contributed by atoms with Gasteiger partial charge in [0.1, 0.15) is 60.9 Å². The molecule has 0 spiro atoms. The summed E-state index contributed by atoms with van der Waals surface area (Å²) in [7, 11) is 1.35. The second-order valence-electron chi connectivity index (χ2n) is 17.7. The van der Waals surface area contributed by atoms with Crippen LogP contribution in [0.25, 0.3) is 0 Å². The Balaban J connectivity index is 1.15. The molecular weight excluding hydrogens is 949 g/mol. The van der Waals surface area contributed by atoms with Gasteiger partial charge in [-0.15, -0.1) is 11.8 Å². The van der Waals surface area contributed by atoms with Crippen LogP contribution < -0.4 is 0 Å². The summed E-state index contributed by atoms with van der Waals surface area (Å²) in [6.07, 6.45) is -7.63. The summed E-state index contributed by atoms with van der Waals surface area (Å²) in [5.41, 5.74) is 4.85. The number of esters is 2. The van der Waals surface area contributed by atoms with Crippen molar-refractivity contribution >= 4 is 23.7 Å². The molecule has 0 saturated carbocycles. The van der Waals surface area contributed by atoms with Gasteiger partial charge in [-0.05, 0) is 33.4 Å². The van der Waals surface area contributed by atoms with E-state index < -0.39 is 72.5 Å². The first kappa shape index (κ1) is 53.5. The summed E-state index contributed by atoms with van der Waals surface area (Å²) in [5, 5.41) is 0. The normalized spacial score (nSPS) is 23.9. The Morgan fingerprint density at radius 2 is 0.740 bits per heavy atom. The zero-order chi connectivity index (χ0) is 50.5. The van der Waals surface area contributed by atoms with Crippen LogP contribution in [0.3, 0.4) is 0 Å². The summed E-state index contributed by atoms with van der Waals surface area (Å²) in [5.74, 6) is -0.932. The smallest absolute Gasteiger partial charge is 0.315 e. The maximum absolute atomic E-state index is 12.8. The first-order valence-corrected chi connectivity index (χ1v) is 25.6. The zero-order valence-corrected chi connectivity index (χ0v) is 42.0. The average Bonchev–Trinajstić information content (AvgIpc) is 3.44.